The summed E-state index contributed by atoms with van der Waals surface area (Å²) in [4.78, 5) is 12.6. The second kappa shape index (κ2) is 4.09. The van der Waals surface area contributed by atoms with Crippen LogP contribution in [0.2, 0.25) is 0 Å². The first kappa shape index (κ1) is 9.65. The van der Waals surface area contributed by atoms with Crippen molar-refractivity contribution < 1.29 is 9.21 Å². The van der Waals surface area contributed by atoms with Gasteiger partial charge in [0.05, 0.1) is 0 Å². The van der Waals surface area contributed by atoms with Gasteiger partial charge in [0.1, 0.15) is 0 Å². The Labute approximate surface area is 87.5 Å². The van der Waals surface area contributed by atoms with E-state index in [2.05, 4.69) is 11.8 Å². The average molecular weight is 211 g/mol. The number of thioether (sulfide) groups is 1. The molecule has 2 heterocycles. The Balaban J connectivity index is 2.09. The van der Waals surface area contributed by atoms with Gasteiger partial charge in [0.25, 0.3) is 0 Å². The molecule has 1 aliphatic rings. The fraction of sp³-hybridized carbons (Fsp3) is 0.500. The van der Waals surface area contributed by atoms with E-state index < -0.39 is 0 Å². The van der Waals surface area contributed by atoms with Gasteiger partial charge in [-0.25, -0.2) is 0 Å². The first-order valence-corrected chi connectivity index (χ1v) is 5.76. The van der Waals surface area contributed by atoms with Gasteiger partial charge in [-0.05, 0) is 6.07 Å². The highest BCUT2D eigenvalue weighted by atomic mass is 32.2. The molecule has 1 aliphatic heterocycles. The monoisotopic (exact) mass is 211 g/mol. The minimum atomic E-state index is 0.408. The summed E-state index contributed by atoms with van der Waals surface area (Å²) in [5, 5.41) is 0.633. The molecule has 1 unspecified atom stereocenters. The SMILES string of the molecule is CC1CN(c2ccc(C=O)o2)CCS1. The largest absolute Gasteiger partial charge is 0.438 e. The van der Waals surface area contributed by atoms with Crippen LogP contribution in [-0.2, 0) is 0 Å². The summed E-state index contributed by atoms with van der Waals surface area (Å²) >= 11 is 1.98. The van der Waals surface area contributed by atoms with Crippen molar-refractivity contribution in [3.8, 4) is 0 Å². The van der Waals surface area contributed by atoms with Crippen molar-refractivity contribution in [2.45, 2.75) is 12.2 Å². The summed E-state index contributed by atoms with van der Waals surface area (Å²) in [7, 11) is 0. The number of carbonyl (C=O) groups excluding carboxylic acids is 1. The lowest BCUT2D eigenvalue weighted by Gasteiger charge is -2.30. The molecule has 0 spiro atoms. The summed E-state index contributed by atoms with van der Waals surface area (Å²) in [5.74, 6) is 2.35. The maximum Gasteiger partial charge on any atom is 0.196 e. The van der Waals surface area contributed by atoms with Crippen molar-refractivity contribution in [1.29, 1.82) is 0 Å². The normalized spacial score (nSPS) is 22.4. The first-order valence-electron chi connectivity index (χ1n) is 4.71. The Kier molecular flexibility index (Phi) is 2.82. The van der Waals surface area contributed by atoms with E-state index in [-0.39, 0.29) is 0 Å². The molecule has 0 aromatic carbocycles. The molecule has 1 atom stereocenters. The molecule has 0 radical (unpaired) electrons. The third kappa shape index (κ3) is 1.95. The van der Waals surface area contributed by atoms with E-state index in [1.165, 1.54) is 0 Å². The first-order chi connectivity index (χ1) is 6.79. The lowest BCUT2D eigenvalue weighted by Crippen LogP contribution is -2.36. The Morgan fingerprint density at radius 3 is 3.14 bits per heavy atom. The van der Waals surface area contributed by atoms with Crippen molar-refractivity contribution in [3.05, 3.63) is 17.9 Å². The highest BCUT2D eigenvalue weighted by Gasteiger charge is 2.19. The Hall–Kier alpha value is -0.900. The molecule has 1 aromatic heterocycles. The van der Waals surface area contributed by atoms with E-state index in [4.69, 9.17) is 4.42 Å². The highest BCUT2D eigenvalue weighted by molar-refractivity contribution is 8.00. The van der Waals surface area contributed by atoms with Gasteiger partial charge in [-0.1, -0.05) is 6.92 Å². The van der Waals surface area contributed by atoms with Crippen LogP contribution in [0.4, 0.5) is 5.88 Å². The predicted octanol–water partition coefficient (Wildman–Crippen LogP) is 2.03. The van der Waals surface area contributed by atoms with Gasteiger partial charge in [0.2, 0.25) is 0 Å². The van der Waals surface area contributed by atoms with Crippen LogP contribution < -0.4 is 4.90 Å². The number of nitrogens with zero attached hydrogens (tertiary/aromatic N) is 1. The molecule has 14 heavy (non-hydrogen) atoms. The van der Waals surface area contributed by atoms with Crippen LogP contribution >= 0.6 is 11.8 Å². The zero-order valence-corrected chi connectivity index (χ0v) is 8.92. The van der Waals surface area contributed by atoms with E-state index >= 15 is 0 Å². The summed E-state index contributed by atoms with van der Waals surface area (Å²) in [6, 6.07) is 3.58. The van der Waals surface area contributed by atoms with Crippen LogP contribution in [0.3, 0.4) is 0 Å². The number of hydrogen-bond donors (Lipinski definition) is 0. The van der Waals surface area contributed by atoms with Gasteiger partial charge < -0.3 is 9.32 Å². The highest BCUT2D eigenvalue weighted by Crippen LogP contribution is 2.24. The quantitative estimate of drug-likeness (QED) is 0.701. The molecule has 0 N–H and O–H groups in total. The Bertz CT molecular complexity index is 324. The molecule has 1 fully saturated rings. The molecule has 1 saturated heterocycles. The fourth-order valence-corrected chi connectivity index (χ4v) is 2.61. The number of hydrogen-bond acceptors (Lipinski definition) is 4. The van der Waals surface area contributed by atoms with Gasteiger partial charge in [-0.3, -0.25) is 4.79 Å². The van der Waals surface area contributed by atoms with Gasteiger partial charge in [-0.2, -0.15) is 11.8 Å². The summed E-state index contributed by atoms with van der Waals surface area (Å²) in [6.45, 7) is 4.21. The lowest BCUT2D eigenvalue weighted by molar-refractivity contribution is 0.110. The van der Waals surface area contributed by atoms with Gasteiger partial charge >= 0.3 is 0 Å². The van der Waals surface area contributed by atoms with Gasteiger partial charge in [0.15, 0.2) is 17.9 Å². The Morgan fingerprint density at radius 1 is 1.64 bits per heavy atom. The van der Waals surface area contributed by atoms with E-state index in [1.54, 1.807) is 6.07 Å². The van der Waals surface area contributed by atoms with E-state index in [0.29, 0.717) is 11.0 Å². The fourth-order valence-electron chi connectivity index (χ4n) is 1.59. The molecule has 4 heteroatoms. The predicted molar refractivity (Wildman–Crippen MR) is 58.2 cm³/mol. The number of carbonyl (C=O) groups is 1. The van der Waals surface area contributed by atoms with Gasteiger partial charge in [-0.15, -0.1) is 0 Å². The van der Waals surface area contributed by atoms with E-state index in [1.807, 2.05) is 17.8 Å². The van der Waals surface area contributed by atoms with Crippen molar-refractivity contribution in [3.63, 3.8) is 0 Å². The van der Waals surface area contributed by atoms with E-state index in [0.717, 1.165) is 31.0 Å². The molecule has 0 saturated carbocycles. The second-order valence-electron chi connectivity index (χ2n) is 3.42. The Morgan fingerprint density at radius 2 is 2.50 bits per heavy atom. The minimum Gasteiger partial charge on any atom is -0.438 e. The van der Waals surface area contributed by atoms with Gasteiger partial charge in [0, 0.05) is 30.2 Å². The molecule has 3 nitrogen and oxygen atoms in total. The molecular weight excluding hydrogens is 198 g/mol. The molecule has 0 aliphatic carbocycles. The summed E-state index contributed by atoms with van der Waals surface area (Å²) < 4.78 is 5.37. The summed E-state index contributed by atoms with van der Waals surface area (Å²) in [5.41, 5.74) is 0. The average Bonchev–Trinajstić information content (AvgIpc) is 2.66. The topological polar surface area (TPSA) is 33.5 Å². The maximum atomic E-state index is 10.5. The van der Waals surface area contributed by atoms with Crippen molar-refractivity contribution in [1.82, 2.24) is 0 Å². The third-order valence-electron chi connectivity index (χ3n) is 2.28. The molecule has 1 aromatic rings. The van der Waals surface area contributed by atoms with Crippen LogP contribution in [0, 0.1) is 0 Å². The number of anilines is 1. The van der Waals surface area contributed by atoms with Crippen molar-refractivity contribution in [2.24, 2.45) is 0 Å². The lowest BCUT2D eigenvalue weighted by atomic mass is 10.4. The zero-order chi connectivity index (χ0) is 9.97. The second-order valence-corrected chi connectivity index (χ2v) is 4.97. The standard InChI is InChI=1S/C10H13NO2S/c1-8-6-11(4-5-14-8)10-3-2-9(7-12)13-10/h2-3,7-8H,4-6H2,1H3. The third-order valence-corrected chi connectivity index (χ3v) is 3.42. The molecule has 0 amide bonds. The van der Waals surface area contributed by atoms with Crippen LogP contribution in [-0.4, -0.2) is 30.4 Å². The van der Waals surface area contributed by atoms with Crippen LogP contribution in [0.25, 0.3) is 0 Å². The van der Waals surface area contributed by atoms with Crippen LogP contribution in [0.1, 0.15) is 17.5 Å². The number of aldehydes is 1. The van der Waals surface area contributed by atoms with Crippen molar-refractivity contribution >= 4 is 23.9 Å². The number of furan rings is 1. The molecular formula is C10H13NO2S. The zero-order valence-electron chi connectivity index (χ0n) is 8.10. The molecule has 76 valence electrons. The maximum absolute atomic E-state index is 10.5. The molecule has 0 bridgehead atoms. The molecule has 2 rings (SSSR count). The number of rotatable bonds is 2. The van der Waals surface area contributed by atoms with Crippen molar-refractivity contribution in [2.75, 3.05) is 23.7 Å². The van der Waals surface area contributed by atoms with E-state index in [9.17, 15) is 4.79 Å². The van der Waals surface area contributed by atoms with Crippen LogP contribution in [0.5, 0.6) is 0 Å². The summed E-state index contributed by atoms with van der Waals surface area (Å²) in [6.07, 6.45) is 0.742. The minimum absolute atomic E-state index is 0.408. The smallest absolute Gasteiger partial charge is 0.196 e. The van der Waals surface area contributed by atoms with Crippen LogP contribution in [0.15, 0.2) is 16.5 Å².